The molecule has 0 radical (unpaired) electrons. The van der Waals surface area contributed by atoms with Gasteiger partial charge in [-0.2, -0.15) is 0 Å². The van der Waals surface area contributed by atoms with E-state index in [-0.39, 0.29) is 6.61 Å². The summed E-state index contributed by atoms with van der Waals surface area (Å²) in [5.74, 6) is -0.646. The molecule has 0 aliphatic heterocycles. The molecule has 0 aliphatic rings. The van der Waals surface area contributed by atoms with Gasteiger partial charge in [0.05, 0.1) is 6.61 Å². The highest BCUT2D eigenvalue weighted by Gasteiger charge is 2.21. The van der Waals surface area contributed by atoms with Gasteiger partial charge in [-0.15, -0.1) is 0 Å². The van der Waals surface area contributed by atoms with E-state index in [0.29, 0.717) is 10.6 Å². The molecule has 0 saturated carbocycles. The van der Waals surface area contributed by atoms with Crippen molar-refractivity contribution < 1.29 is 14.6 Å². The highest BCUT2D eigenvalue weighted by molar-refractivity contribution is 6.30. The van der Waals surface area contributed by atoms with Crippen molar-refractivity contribution in [2.24, 2.45) is 0 Å². The van der Waals surface area contributed by atoms with Crippen LogP contribution < -0.4 is 0 Å². The lowest BCUT2D eigenvalue weighted by Crippen LogP contribution is -2.16. The molecule has 0 spiro atoms. The maximum absolute atomic E-state index is 11.4. The lowest BCUT2D eigenvalue weighted by Gasteiger charge is -2.14. The number of esters is 1. The molecular formula is C12H15ClO3. The van der Waals surface area contributed by atoms with Crippen molar-refractivity contribution in [3.05, 3.63) is 33.8 Å². The molecule has 0 bridgehead atoms. The fraction of sp³-hybridized carbons (Fsp3) is 0.417. The maximum atomic E-state index is 11.4. The summed E-state index contributed by atoms with van der Waals surface area (Å²) in [6.45, 7) is 5.65. The highest BCUT2D eigenvalue weighted by Crippen LogP contribution is 2.25. The number of hydrogen-bond donors (Lipinski definition) is 1. The number of hydrogen-bond acceptors (Lipinski definition) is 3. The second kappa shape index (κ2) is 5.32. The Morgan fingerprint density at radius 1 is 1.50 bits per heavy atom. The van der Waals surface area contributed by atoms with Crippen LogP contribution in [0.3, 0.4) is 0 Å². The van der Waals surface area contributed by atoms with E-state index in [1.807, 2.05) is 13.8 Å². The average molecular weight is 243 g/mol. The van der Waals surface area contributed by atoms with Crippen molar-refractivity contribution in [3.63, 3.8) is 0 Å². The van der Waals surface area contributed by atoms with Gasteiger partial charge in [-0.1, -0.05) is 11.6 Å². The normalized spacial score (nSPS) is 12.3. The van der Waals surface area contributed by atoms with Gasteiger partial charge in [0, 0.05) is 5.02 Å². The summed E-state index contributed by atoms with van der Waals surface area (Å²) in [6, 6.07) is 3.38. The number of rotatable bonds is 3. The smallest absolute Gasteiger partial charge is 0.339 e. The SMILES string of the molecule is CCOC(=O)C(O)c1cc(Cl)cc(C)c1C. The van der Waals surface area contributed by atoms with Crippen LogP contribution in [-0.4, -0.2) is 17.7 Å². The molecule has 1 aromatic rings. The molecule has 1 rings (SSSR count). The third-order valence-corrected chi connectivity index (χ3v) is 2.69. The van der Waals surface area contributed by atoms with Crippen molar-refractivity contribution in [3.8, 4) is 0 Å². The minimum atomic E-state index is -1.27. The first-order valence-corrected chi connectivity index (χ1v) is 5.46. The molecule has 1 atom stereocenters. The van der Waals surface area contributed by atoms with Gasteiger partial charge in [-0.25, -0.2) is 4.79 Å². The molecule has 0 aliphatic carbocycles. The Kier molecular flexibility index (Phi) is 4.33. The number of aliphatic hydroxyl groups excluding tert-OH is 1. The molecule has 0 amide bonds. The first-order chi connectivity index (χ1) is 7.47. The third kappa shape index (κ3) is 2.74. The minimum absolute atomic E-state index is 0.245. The molecule has 3 nitrogen and oxygen atoms in total. The van der Waals surface area contributed by atoms with Gasteiger partial charge in [-0.05, 0) is 49.6 Å². The molecule has 0 saturated heterocycles. The summed E-state index contributed by atoms with van der Waals surface area (Å²) in [5.41, 5.74) is 2.29. The second-order valence-corrected chi connectivity index (χ2v) is 4.03. The molecule has 0 heterocycles. The standard InChI is InChI=1S/C12H15ClO3/c1-4-16-12(15)11(14)10-6-9(13)5-7(2)8(10)3/h5-6,11,14H,4H2,1-3H3. The monoisotopic (exact) mass is 242 g/mol. The highest BCUT2D eigenvalue weighted by atomic mass is 35.5. The van der Waals surface area contributed by atoms with Crippen molar-refractivity contribution in [2.45, 2.75) is 26.9 Å². The van der Waals surface area contributed by atoms with Crippen LogP contribution in [0.4, 0.5) is 0 Å². The fourth-order valence-electron chi connectivity index (χ4n) is 1.47. The van der Waals surface area contributed by atoms with Gasteiger partial charge in [0.1, 0.15) is 0 Å². The summed E-state index contributed by atoms with van der Waals surface area (Å²) in [7, 11) is 0. The minimum Gasteiger partial charge on any atom is -0.464 e. The third-order valence-electron chi connectivity index (χ3n) is 2.48. The predicted octanol–water partition coefficient (Wildman–Crippen LogP) is 2.55. The Balaban J connectivity index is 3.08. The Hall–Kier alpha value is -1.06. The van der Waals surface area contributed by atoms with Gasteiger partial charge in [0.2, 0.25) is 0 Å². The topological polar surface area (TPSA) is 46.5 Å². The van der Waals surface area contributed by atoms with Gasteiger partial charge in [0.25, 0.3) is 0 Å². The summed E-state index contributed by atoms with van der Waals surface area (Å²) < 4.78 is 4.76. The van der Waals surface area contributed by atoms with E-state index in [9.17, 15) is 9.90 Å². The van der Waals surface area contributed by atoms with Crippen LogP contribution in [0.5, 0.6) is 0 Å². The van der Waals surface area contributed by atoms with E-state index < -0.39 is 12.1 Å². The summed E-state index contributed by atoms with van der Waals surface area (Å²) in [6.07, 6.45) is -1.27. The second-order valence-electron chi connectivity index (χ2n) is 3.59. The molecular weight excluding hydrogens is 228 g/mol. The van der Waals surface area contributed by atoms with Crippen LogP contribution in [0.25, 0.3) is 0 Å². The van der Waals surface area contributed by atoms with Crippen molar-refractivity contribution in [2.75, 3.05) is 6.61 Å². The van der Waals surface area contributed by atoms with E-state index in [1.165, 1.54) is 0 Å². The molecule has 16 heavy (non-hydrogen) atoms. The summed E-state index contributed by atoms with van der Waals surface area (Å²) in [4.78, 5) is 11.4. The lowest BCUT2D eigenvalue weighted by molar-refractivity contribution is -0.153. The van der Waals surface area contributed by atoms with Gasteiger partial charge in [-0.3, -0.25) is 0 Å². The first kappa shape index (κ1) is 13.0. The van der Waals surface area contributed by atoms with Crippen LogP contribution in [-0.2, 0) is 9.53 Å². The zero-order valence-electron chi connectivity index (χ0n) is 9.58. The van der Waals surface area contributed by atoms with Crippen LogP contribution in [0.2, 0.25) is 5.02 Å². The number of aliphatic hydroxyl groups is 1. The lowest BCUT2D eigenvalue weighted by atomic mass is 9.99. The van der Waals surface area contributed by atoms with E-state index >= 15 is 0 Å². The first-order valence-electron chi connectivity index (χ1n) is 5.08. The Morgan fingerprint density at radius 3 is 2.69 bits per heavy atom. The molecule has 1 N–H and O–H groups in total. The molecule has 0 aromatic heterocycles. The number of benzene rings is 1. The summed E-state index contributed by atoms with van der Waals surface area (Å²) in [5, 5.41) is 10.3. The molecule has 88 valence electrons. The maximum Gasteiger partial charge on any atom is 0.339 e. The quantitative estimate of drug-likeness (QED) is 0.829. The number of ether oxygens (including phenoxy) is 1. The Labute approximate surface area is 100.0 Å². The van der Waals surface area contributed by atoms with Gasteiger partial charge >= 0.3 is 5.97 Å². The van der Waals surface area contributed by atoms with Crippen molar-refractivity contribution >= 4 is 17.6 Å². The van der Waals surface area contributed by atoms with Gasteiger partial charge in [0.15, 0.2) is 6.10 Å². The fourth-order valence-corrected chi connectivity index (χ4v) is 1.75. The van der Waals surface area contributed by atoms with Crippen LogP contribution in [0.1, 0.15) is 29.7 Å². The van der Waals surface area contributed by atoms with Crippen molar-refractivity contribution in [1.82, 2.24) is 0 Å². The Morgan fingerprint density at radius 2 is 2.12 bits per heavy atom. The number of halogens is 1. The zero-order valence-corrected chi connectivity index (χ0v) is 10.3. The molecule has 1 unspecified atom stereocenters. The number of aryl methyl sites for hydroxylation is 1. The Bertz CT molecular complexity index is 401. The molecule has 1 aromatic carbocycles. The number of carbonyl (C=O) groups is 1. The largest absolute Gasteiger partial charge is 0.464 e. The van der Waals surface area contributed by atoms with E-state index in [4.69, 9.17) is 16.3 Å². The van der Waals surface area contributed by atoms with E-state index in [0.717, 1.165) is 11.1 Å². The zero-order chi connectivity index (χ0) is 12.3. The van der Waals surface area contributed by atoms with E-state index in [1.54, 1.807) is 19.1 Å². The summed E-state index contributed by atoms with van der Waals surface area (Å²) >= 11 is 5.88. The average Bonchev–Trinajstić information content (AvgIpc) is 2.22. The van der Waals surface area contributed by atoms with Crippen molar-refractivity contribution in [1.29, 1.82) is 0 Å². The van der Waals surface area contributed by atoms with Crippen LogP contribution >= 0.6 is 11.6 Å². The van der Waals surface area contributed by atoms with Gasteiger partial charge < -0.3 is 9.84 Å². The predicted molar refractivity (Wildman–Crippen MR) is 62.5 cm³/mol. The van der Waals surface area contributed by atoms with E-state index in [2.05, 4.69) is 0 Å². The molecule has 0 fully saturated rings. The van der Waals surface area contributed by atoms with Crippen LogP contribution in [0.15, 0.2) is 12.1 Å². The van der Waals surface area contributed by atoms with Crippen LogP contribution in [0, 0.1) is 13.8 Å². The number of carbonyl (C=O) groups excluding carboxylic acids is 1. The molecule has 4 heteroatoms.